The first-order valence-electron chi connectivity index (χ1n) is 6.52. The Balaban J connectivity index is 2.21. The molecule has 2 aromatic rings. The molecule has 0 saturated heterocycles. The van der Waals surface area contributed by atoms with Gasteiger partial charge in [-0.3, -0.25) is 0 Å². The van der Waals surface area contributed by atoms with Crippen molar-refractivity contribution >= 4 is 11.8 Å². The van der Waals surface area contributed by atoms with Gasteiger partial charge in [0.15, 0.2) is 0 Å². The minimum Gasteiger partial charge on any atom is -0.188 e. The largest absolute Gasteiger partial charge is 0.323 e. The standard InChI is InChI=1S/C17H18F2S/c1-16(2,3)13-9-11-14(12-10-13)17(18,19)20-15-7-5-4-6-8-15/h4-12H,1-3H3. The second kappa shape index (κ2) is 5.57. The van der Waals surface area contributed by atoms with Gasteiger partial charge in [0, 0.05) is 10.5 Å². The maximum Gasteiger partial charge on any atom is 0.323 e. The van der Waals surface area contributed by atoms with Gasteiger partial charge in [-0.05, 0) is 34.9 Å². The minimum absolute atomic E-state index is 0.0274. The summed E-state index contributed by atoms with van der Waals surface area (Å²) in [7, 11) is 0. The Morgan fingerprint density at radius 2 is 1.25 bits per heavy atom. The summed E-state index contributed by atoms with van der Waals surface area (Å²) in [6, 6.07) is 15.4. The molecule has 0 bridgehead atoms. The lowest BCUT2D eigenvalue weighted by Crippen LogP contribution is -2.13. The van der Waals surface area contributed by atoms with Crippen molar-refractivity contribution in [3.8, 4) is 0 Å². The molecule has 106 valence electrons. The SMILES string of the molecule is CC(C)(C)c1ccc(C(F)(F)Sc2ccccc2)cc1. The van der Waals surface area contributed by atoms with Crippen LogP contribution >= 0.6 is 11.8 Å². The predicted octanol–water partition coefficient (Wildman–Crippen LogP) is 5.83. The highest BCUT2D eigenvalue weighted by molar-refractivity contribution is 8.00. The van der Waals surface area contributed by atoms with Crippen LogP contribution in [0.5, 0.6) is 0 Å². The quantitative estimate of drug-likeness (QED) is 0.642. The van der Waals surface area contributed by atoms with E-state index in [9.17, 15) is 8.78 Å². The normalized spacial score (nSPS) is 12.4. The average molecular weight is 292 g/mol. The zero-order valence-electron chi connectivity index (χ0n) is 11.9. The van der Waals surface area contributed by atoms with E-state index in [0.29, 0.717) is 16.7 Å². The molecule has 0 aromatic heterocycles. The predicted molar refractivity (Wildman–Crippen MR) is 81.3 cm³/mol. The van der Waals surface area contributed by atoms with Crippen LogP contribution < -0.4 is 0 Å². The van der Waals surface area contributed by atoms with Crippen LogP contribution in [0.15, 0.2) is 59.5 Å². The number of rotatable bonds is 3. The first-order chi connectivity index (χ1) is 9.29. The van der Waals surface area contributed by atoms with Gasteiger partial charge >= 0.3 is 5.25 Å². The molecule has 20 heavy (non-hydrogen) atoms. The molecular formula is C17H18F2S. The second-order valence-electron chi connectivity index (χ2n) is 5.76. The number of hydrogen-bond donors (Lipinski definition) is 0. The molecule has 0 aliphatic heterocycles. The molecule has 0 N–H and O–H groups in total. The first-order valence-corrected chi connectivity index (χ1v) is 7.33. The van der Waals surface area contributed by atoms with Crippen molar-refractivity contribution in [3.05, 3.63) is 65.7 Å². The van der Waals surface area contributed by atoms with E-state index in [1.54, 1.807) is 36.4 Å². The highest BCUT2D eigenvalue weighted by Crippen LogP contribution is 2.44. The van der Waals surface area contributed by atoms with E-state index >= 15 is 0 Å². The summed E-state index contributed by atoms with van der Waals surface area (Å²) in [5.41, 5.74) is 1.07. The van der Waals surface area contributed by atoms with Crippen molar-refractivity contribution in [1.82, 2.24) is 0 Å². The van der Waals surface area contributed by atoms with Gasteiger partial charge in [-0.1, -0.05) is 63.2 Å². The van der Waals surface area contributed by atoms with Crippen LogP contribution in [0.4, 0.5) is 8.78 Å². The Hall–Kier alpha value is -1.35. The lowest BCUT2D eigenvalue weighted by atomic mass is 9.87. The Labute approximate surface area is 123 Å². The third-order valence-corrected chi connectivity index (χ3v) is 4.08. The fourth-order valence-corrected chi connectivity index (χ4v) is 2.70. The summed E-state index contributed by atoms with van der Waals surface area (Å²) in [6.07, 6.45) is 0. The highest BCUT2D eigenvalue weighted by Gasteiger charge is 2.33. The zero-order chi connectivity index (χ0) is 14.8. The van der Waals surface area contributed by atoms with Gasteiger partial charge in [0.05, 0.1) is 0 Å². The monoisotopic (exact) mass is 292 g/mol. The number of benzene rings is 2. The minimum atomic E-state index is -2.92. The molecule has 0 unspecified atom stereocenters. The molecule has 0 atom stereocenters. The van der Waals surface area contributed by atoms with Crippen LogP contribution in [-0.4, -0.2) is 0 Å². The Kier molecular flexibility index (Phi) is 4.19. The first kappa shape index (κ1) is 15.0. The van der Waals surface area contributed by atoms with Crippen molar-refractivity contribution in [2.24, 2.45) is 0 Å². The van der Waals surface area contributed by atoms with Crippen LogP contribution in [0.3, 0.4) is 0 Å². The summed E-state index contributed by atoms with van der Waals surface area (Å²) in [6.45, 7) is 6.20. The van der Waals surface area contributed by atoms with E-state index in [0.717, 1.165) is 5.56 Å². The van der Waals surface area contributed by atoms with E-state index in [-0.39, 0.29) is 11.0 Å². The van der Waals surface area contributed by atoms with Crippen LogP contribution in [-0.2, 0) is 10.7 Å². The van der Waals surface area contributed by atoms with Gasteiger partial charge in [-0.25, -0.2) is 0 Å². The lowest BCUT2D eigenvalue weighted by Gasteiger charge is -2.21. The lowest BCUT2D eigenvalue weighted by molar-refractivity contribution is 0.105. The van der Waals surface area contributed by atoms with Crippen LogP contribution in [0, 0.1) is 0 Å². The molecule has 0 fully saturated rings. The van der Waals surface area contributed by atoms with Crippen molar-refractivity contribution in [1.29, 1.82) is 0 Å². The van der Waals surface area contributed by atoms with Crippen LogP contribution in [0.2, 0.25) is 0 Å². The molecule has 0 saturated carbocycles. The fourth-order valence-electron chi connectivity index (χ4n) is 1.86. The topological polar surface area (TPSA) is 0 Å². The van der Waals surface area contributed by atoms with E-state index in [4.69, 9.17) is 0 Å². The third kappa shape index (κ3) is 3.60. The maximum atomic E-state index is 14.2. The highest BCUT2D eigenvalue weighted by atomic mass is 32.2. The van der Waals surface area contributed by atoms with Gasteiger partial charge in [-0.15, -0.1) is 0 Å². The molecule has 0 spiro atoms. The van der Waals surface area contributed by atoms with Gasteiger partial charge in [0.2, 0.25) is 0 Å². The Morgan fingerprint density at radius 1 is 0.750 bits per heavy atom. The van der Waals surface area contributed by atoms with E-state index in [2.05, 4.69) is 20.8 Å². The second-order valence-corrected chi connectivity index (χ2v) is 6.95. The Morgan fingerprint density at radius 3 is 1.75 bits per heavy atom. The van der Waals surface area contributed by atoms with E-state index in [1.165, 1.54) is 12.1 Å². The summed E-state index contributed by atoms with van der Waals surface area (Å²) >= 11 is 0.579. The molecular weight excluding hydrogens is 274 g/mol. The third-order valence-electron chi connectivity index (χ3n) is 3.08. The molecule has 3 heteroatoms. The molecule has 0 aliphatic carbocycles. The van der Waals surface area contributed by atoms with Crippen molar-refractivity contribution < 1.29 is 8.78 Å². The molecule has 2 rings (SSSR count). The molecule has 0 heterocycles. The van der Waals surface area contributed by atoms with Gasteiger partial charge < -0.3 is 0 Å². The fraction of sp³-hybridized carbons (Fsp3) is 0.294. The van der Waals surface area contributed by atoms with Crippen LogP contribution in [0.1, 0.15) is 31.9 Å². The molecule has 0 aliphatic rings. The number of alkyl halides is 2. The summed E-state index contributed by atoms with van der Waals surface area (Å²) in [5, 5.41) is -2.92. The van der Waals surface area contributed by atoms with Crippen LogP contribution in [0.25, 0.3) is 0 Å². The smallest absolute Gasteiger partial charge is 0.188 e. The van der Waals surface area contributed by atoms with E-state index < -0.39 is 5.25 Å². The maximum absolute atomic E-state index is 14.2. The number of thioether (sulfide) groups is 1. The molecule has 2 aromatic carbocycles. The van der Waals surface area contributed by atoms with Gasteiger partial charge in [0.25, 0.3) is 0 Å². The molecule has 0 amide bonds. The van der Waals surface area contributed by atoms with Gasteiger partial charge in [0.1, 0.15) is 0 Å². The molecule has 0 radical (unpaired) electrons. The van der Waals surface area contributed by atoms with Crippen molar-refractivity contribution in [3.63, 3.8) is 0 Å². The Bertz CT molecular complexity index is 554. The summed E-state index contributed by atoms with van der Waals surface area (Å²) in [4.78, 5) is 0.567. The average Bonchev–Trinajstić information content (AvgIpc) is 2.38. The van der Waals surface area contributed by atoms with E-state index in [1.807, 2.05) is 6.07 Å². The summed E-state index contributed by atoms with van der Waals surface area (Å²) < 4.78 is 28.5. The molecule has 0 nitrogen and oxygen atoms in total. The number of halogens is 2. The zero-order valence-corrected chi connectivity index (χ0v) is 12.7. The number of hydrogen-bond acceptors (Lipinski definition) is 1. The van der Waals surface area contributed by atoms with Gasteiger partial charge in [-0.2, -0.15) is 8.78 Å². The van der Waals surface area contributed by atoms with Crippen molar-refractivity contribution in [2.75, 3.05) is 0 Å². The van der Waals surface area contributed by atoms with Crippen molar-refractivity contribution in [2.45, 2.75) is 36.3 Å². The summed E-state index contributed by atoms with van der Waals surface area (Å²) in [5.74, 6) is 0.